The zero-order valence-corrected chi connectivity index (χ0v) is 9.65. The van der Waals surface area contributed by atoms with Gasteiger partial charge in [-0.3, -0.25) is 0 Å². The van der Waals surface area contributed by atoms with Crippen LogP contribution in [0, 0.1) is 0 Å². The molecular formula is C10H17N3S. The van der Waals surface area contributed by atoms with E-state index in [9.17, 15) is 0 Å². The quantitative estimate of drug-likeness (QED) is 0.758. The SMILES string of the molecule is CCCNCc1snnc1C1(C)CC1. The van der Waals surface area contributed by atoms with Gasteiger partial charge in [0.2, 0.25) is 0 Å². The Morgan fingerprint density at radius 3 is 2.93 bits per heavy atom. The molecule has 1 aliphatic carbocycles. The maximum Gasteiger partial charge on any atom is 0.0859 e. The van der Waals surface area contributed by atoms with Crippen molar-refractivity contribution < 1.29 is 0 Å². The predicted molar refractivity (Wildman–Crippen MR) is 58.5 cm³/mol. The van der Waals surface area contributed by atoms with Crippen molar-refractivity contribution in [3.05, 3.63) is 10.6 Å². The van der Waals surface area contributed by atoms with Gasteiger partial charge in [-0.25, -0.2) is 0 Å². The highest BCUT2D eigenvalue weighted by molar-refractivity contribution is 7.05. The number of rotatable bonds is 5. The molecule has 0 amide bonds. The van der Waals surface area contributed by atoms with E-state index in [-0.39, 0.29) is 0 Å². The molecule has 0 atom stereocenters. The van der Waals surface area contributed by atoms with Gasteiger partial charge in [-0.2, -0.15) is 0 Å². The molecule has 1 N–H and O–H groups in total. The van der Waals surface area contributed by atoms with Crippen molar-refractivity contribution in [2.75, 3.05) is 6.54 Å². The van der Waals surface area contributed by atoms with Crippen LogP contribution in [0.15, 0.2) is 0 Å². The topological polar surface area (TPSA) is 37.8 Å². The van der Waals surface area contributed by atoms with Gasteiger partial charge in [0.25, 0.3) is 0 Å². The summed E-state index contributed by atoms with van der Waals surface area (Å²) >= 11 is 1.54. The fraction of sp³-hybridized carbons (Fsp3) is 0.800. The van der Waals surface area contributed by atoms with Gasteiger partial charge in [0.1, 0.15) is 0 Å². The van der Waals surface area contributed by atoms with E-state index in [0.717, 1.165) is 13.1 Å². The summed E-state index contributed by atoms with van der Waals surface area (Å²) in [7, 11) is 0. The molecule has 0 bridgehead atoms. The molecule has 0 aliphatic heterocycles. The maximum atomic E-state index is 4.26. The van der Waals surface area contributed by atoms with Crippen LogP contribution < -0.4 is 5.32 Å². The summed E-state index contributed by atoms with van der Waals surface area (Å²) in [6.07, 6.45) is 3.73. The highest BCUT2D eigenvalue weighted by Crippen LogP contribution is 2.48. The number of aromatic nitrogens is 2. The van der Waals surface area contributed by atoms with Gasteiger partial charge < -0.3 is 5.32 Å². The molecule has 1 heterocycles. The first-order chi connectivity index (χ1) is 6.76. The molecule has 0 unspecified atom stereocenters. The van der Waals surface area contributed by atoms with Gasteiger partial charge in [-0.1, -0.05) is 18.3 Å². The summed E-state index contributed by atoms with van der Waals surface area (Å²) in [5.74, 6) is 0. The number of hydrogen-bond donors (Lipinski definition) is 1. The van der Waals surface area contributed by atoms with Gasteiger partial charge in [0.05, 0.1) is 10.6 Å². The summed E-state index contributed by atoms with van der Waals surface area (Å²) in [4.78, 5) is 1.33. The third-order valence-corrected chi connectivity index (χ3v) is 3.56. The lowest BCUT2D eigenvalue weighted by Gasteiger charge is -2.07. The molecule has 1 aromatic rings. The second kappa shape index (κ2) is 3.95. The van der Waals surface area contributed by atoms with Crippen LogP contribution in [0.5, 0.6) is 0 Å². The molecule has 1 fully saturated rings. The Bertz CT molecular complexity index is 304. The standard InChI is InChI=1S/C10H17N3S/c1-3-6-11-7-8-9(12-13-14-8)10(2)4-5-10/h11H,3-7H2,1-2H3. The highest BCUT2D eigenvalue weighted by atomic mass is 32.1. The van der Waals surface area contributed by atoms with Crippen LogP contribution in [0.2, 0.25) is 0 Å². The average Bonchev–Trinajstić information content (AvgIpc) is 2.76. The van der Waals surface area contributed by atoms with E-state index in [1.165, 1.54) is 29.8 Å². The minimum Gasteiger partial charge on any atom is -0.312 e. The summed E-state index contributed by atoms with van der Waals surface area (Å²) < 4.78 is 4.06. The third-order valence-electron chi connectivity index (χ3n) is 2.84. The van der Waals surface area contributed by atoms with E-state index in [1.54, 1.807) is 11.5 Å². The van der Waals surface area contributed by atoms with Crippen LogP contribution in [-0.4, -0.2) is 16.1 Å². The van der Waals surface area contributed by atoms with Gasteiger partial charge >= 0.3 is 0 Å². The lowest BCUT2D eigenvalue weighted by molar-refractivity contribution is 0.659. The third kappa shape index (κ3) is 1.96. The largest absolute Gasteiger partial charge is 0.312 e. The Kier molecular flexibility index (Phi) is 2.83. The monoisotopic (exact) mass is 211 g/mol. The van der Waals surface area contributed by atoms with Crippen LogP contribution in [-0.2, 0) is 12.0 Å². The fourth-order valence-electron chi connectivity index (χ4n) is 1.59. The smallest absolute Gasteiger partial charge is 0.0859 e. The van der Waals surface area contributed by atoms with E-state index in [1.807, 2.05) is 0 Å². The molecule has 0 aromatic carbocycles. The molecule has 0 radical (unpaired) electrons. The molecule has 0 spiro atoms. The van der Waals surface area contributed by atoms with Gasteiger partial charge in [-0.15, -0.1) is 5.10 Å². The van der Waals surface area contributed by atoms with E-state index < -0.39 is 0 Å². The normalized spacial score (nSPS) is 18.4. The van der Waals surface area contributed by atoms with Gasteiger partial charge in [0.15, 0.2) is 0 Å². The summed E-state index contributed by atoms with van der Waals surface area (Å²) in [5.41, 5.74) is 1.60. The Balaban J connectivity index is 1.99. The molecule has 3 nitrogen and oxygen atoms in total. The molecule has 2 rings (SSSR count). The molecule has 4 heteroatoms. The van der Waals surface area contributed by atoms with E-state index >= 15 is 0 Å². The van der Waals surface area contributed by atoms with Crippen LogP contribution in [0.25, 0.3) is 0 Å². The first-order valence-electron chi connectivity index (χ1n) is 5.29. The Morgan fingerprint density at radius 1 is 1.50 bits per heavy atom. The Morgan fingerprint density at radius 2 is 2.29 bits per heavy atom. The summed E-state index contributed by atoms with van der Waals surface area (Å²) in [6, 6.07) is 0. The molecule has 14 heavy (non-hydrogen) atoms. The minimum atomic E-state index is 0.357. The van der Waals surface area contributed by atoms with Crippen molar-refractivity contribution in [2.45, 2.75) is 45.1 Å². The van der Waals surface area contributed by atoms with Crippen LogP contribution in [0.4, 0.5) is 0 Å². The highest BCUT2D eigenvalue weighted by Gasteiger charge is 2.43. The van der Waals surface area contributed by atoms with Crippen molar-refractivity contribution >= 4 is 11.5 Å². The lowest BCUT2D eigenvalue weighted by atomic mass is 10.0. The van der Waals surface area contributed by atoms with Crippen molar-refractivity contribution in [3.63, 3.8) is 0 Å². The van der Waals surface area contributed by atoms with Gasteiger partial charge in [0, 0.05) is 12.0 Å². The molecular weight excluding hydrogens is 194 g/mol. The van der Waals surface area contributed by atoms with Crippen molar-refractivity contribution in [1.29, 1.82) is 0 Å². The Hall–Kier alpha value is -0.480. The molecule has 1 saturated carbocycles. The lowest BCUT2D eigenvalue weighted by Crippen LogP contribution is -2.15. The Labute approximate surface area is 89.1 Å². The fourth-order valence-corrected chi connectivity index (χ4v) is 2.35. The molecule has 1 aromatic heterocycles. The second-order valence-corrected chi connectivity index (χ2v) is 5.12. The zero-order chi connectivity index (χ0) is 10.0. The first-order valence-corrected chi connectivity index (χ1v) is 6.06. The van der Waals surface area contributed by atoms with Crippen molar-refractivity contribution in [2.24, 2.45) is 0 Å². The van der Waals surface area contributed by atoms with E-state index in [2.05, 4.69) is 28.8 Å². The summed E-state index contributed by atoms with van der Waals surface area (Å²) in [6.45, 7) is 6.48. The molecule has 1 aliphatic rings. The van der Waals surface area contributed by atoms with Crippen molar-refractivity contribution in [3.8, 4) is 0 Å². The number of hydrogen-bond acceptors (Lipinski definition) is 4. The summed E-state index contributed by atoms with van der Waals surface area (Å²) in [5, 5.41) is 7.67. The van der Waals surface area contributed by atoms with E-state index in [0.29, 0.717) is 5.41 Å². The van der Waals surface area contributed by atoms with Crippen molar-refractivity contribution in [1.82, 2.24) is 14.9 Å². The van der Waals surface area contributed by atoms with E-state index in [4.69, 9.17) is 0 Å². The van der Waals surface area contributed by atoms with Crippen LogP contribution in [0.3, 0.4) is 0 Å². The van der Waals surface area contributed by atoms with Crippen LogP contribution >= 0.6 is 11.5 Å². The minimum absolute atomic E-state index is 0.357. The second-order valence-electron chi connectivity index (χ2n) is 4.28. The molecule has 0 saturated heterocycles. The predicted octanol–water partition coefficient (Wildman–Crippen LogP) is 2.09. The zero-order valence-electron chi connectivity index (χ0n) is 8.84. The number of nitrogens with one attached hydrogen (secondary N) is 1. The van der Waals surface area contributed by atoms with Crippen LogP contribution in [0.1, 0.15) is 43.7 Å². The first kappa shape index (κ1) is 10.1. The van der Waals surface area contributed by atoms with Gasteiger partial charge in [-0.05, 0) is 37.3 Å². The number of nitrogens with zero attached hydrogens (tertiary/aromatic N) is 2. The maximum absolute atomic E-state index is 4.26. The molecule has 78 valence electrons. The average molecular weight is 211 g/mol.